The molecule has 0 saturated heterocycles. The van der Waals surface area contributed by atoms with Gasteiger partial charge >= 0.3 is 0 Å². The molecule has 1 aliphatic rings. The lowest BCUT2D eigenvalue weighted by atomic mass is 9.96. The van der Waals surface area contributed by atoms with Crippen LogP contribution in [0.1, 0.15) is 29.9 Å². The van der Waals surface area contributed by atoms with Gasteiger partial charge < -0.3 is 5.32 Å². The van der Waals surface area contributed by atoms with Gasteiger partial charge in [0.1, 0.15) is 11.6 Å². The molecule has 0 amide bonds. The SMILES string of the molecule is CNc1nc(CSc2ccccc2Cl)nc2c1CCCC2. The van der Waals surface area contributed by atoms with Gasteiger partial charge in [-0.25, -0.2) is 9.97 Å². The van der Waals surface area contributed by atoms with Gasteiger partial charge in [-0.1, -0.05) is 23.7 Å². The Morgan fingerprint density at radius 2 is 2.00 bits per heavy atom. The fraction of sp³-hybridized carbons (Fsp3) is 0.375. The molecule has 1 aromatic heterocycles. The number of nitrogens with zero attached hydrogens (tertiary/aromatic N) is 2. The molecule has 0 aliphatic heterocycles. The summed E-state index contributed by atoms with van der Waals surface area (Å²) < 4.78 is 0. The number of aromatic nitrogens is 2. The lowest BCUT2D eigenvalue weighted by Gasteiger charge is -2.18. The van der Waals surface area contributed by atoms with Gasteiger partial charge in [0.15, 0.2) is 0 Å². The van der Waals surface area contributed by atoms with Crippen molar-refractivity contribution in [2.24, 2.45) is 0 Å². The highest BCUT2D eigenvalue weighted by Gasteiger charge is 2.17. The maximum absolute atomic E-state index is 6.19. The van der Waals surface area contributed by atoms with Crippen LogP contribution in [0.2, 0.25) is 5.02 Å². The summed E-state index contributed by atoms with van der Waals surface area (Å²) in [6.45, 7) is 0. The van der Waals surface area contributed by atoms with E-state index in [9.17, 15) is 0 Å². The third-order valence-electron chi connectivity index (χ3n) is 3.66. The Labute approximate surface area is 134 Å². The first-order valence-electron chi connectivity index (χ1n) is 7.21. The summed E-state index contributed by atoms with van der Waals surface area (Å²) in [4.78, 5) is 10.5. The third-order valence-corrected chi connectivity index (χ3v) is 5.17. The fourth-order valence-corrected chi connectivity index (χ4v) is 3.71. The molecule has 0 saturated carbocycles. The Balaban J connectivity index is 1.81. The minimum atomic E-state index is 0.742. The number of hydrogen-bond acceptors (Lipinski definition) is 4. The molecule has 1 heterocycles. The molecule has 0 atom stereocenters. The fourth-order valence-electron chi connectivity index (χ4n) is 2.62. The van der Waals surface area contributed by atoms with Gasteiger partial charge in [-0.3, -0.25) is 0 Å². The number of aryl methyl sites for hydroxylation is 1. The second-order valence-corrected chi connectivity index (χ2v) is 6.51. The standard InChI is InChI=1S/C16H18ClN3S/c1-18-16-11-6-2-4-8-13(11)19-15(20-16)10-21-14-9-5-3-7-12(14)17/h3,5,7,9H,2,4,6,8,10H2,1H3,(H,18,19,20). The zero-order valence-electron chi connectivity index (χ0n) is 12.0. The van der Waals surface area contributed by atoms with Crippen LogP contribution in [0.3, 0.4) is 0 Å². The van der Waals surface area contributed by atoms with E-state index in [-0.39, 0.29) is 0 Å². The maximum Gasteiger partial charge on any atom is 0.141 e. The van der Waals surface area contributed by atoms with Crippen LogP contribution in [0.4, 0.5) is 5.82 Å². The minimum absolute atomic E-state index is 0.742. The predicted molar refractivity (Wildman–Crippen MR) is 89.2 cm³/mol. The molecule has 5 heteroatoms. The number of rotatable bonds is 4. The van der Waals surface area contributed by atoms with Gasteiger partial charge in [0.05, 0.1) is 10.8 Å². The Morgan fingerprint density at radius 1 is 1.19 bits per heavy atom. The monoisotopic (exact) mass is 319 g/mol. The largest absolute Gasteiger partial charge is 0.373 e. The predicted octanol–water partition coefficient (Wildman–Crippen LogP) is 4.34. The molecule has 1 N–H and O–H groups in total. The van der Waals surface area contributed by atoms with E-state index in [0.717, 1.165) is 40.2 Å². The van der Waals surface area contributed by atoms with Crippen LogP contribution in [0.25, 0.3) is 0 Å². The average molecular weight is 320 g/mol. The molecule has 0 spiro atoms. The van der Waals surface area contributed by atoms with Gasteiger partial charge in [0.2, 0.25) is 0 Å². The Kier molecular flexibility index (Phi) is 4.66. The molecule has 1 aromatic carbocycles. The lowest BCUT2D eigenvalue weighted by molar-refractivity contribution is 0.659. The van der Waals surface area contributed by atoms with Crippen molar-refractivity contribution in [2.45, 2.75) is 36.3 Å². The smallest absolute Gasteiger partial charge is 0.141 e. The van der Waals surface area contributed by atoms with Gasteiger partial charge in [-0.05, 0) is 37.8 Å². The van der Waals surface area contributed by atoms with Crippen molar-refractivity contribution >= 4 is 29.2 Å². The van der Waals surface area contributed by atoms with Crippen molar-refractivity contribution in [3.05, 3.63) is 46.4 Å². The van der Waals surface area contributed by atoms with Crippen molar-refractivity contribution in [2.75, 3.05) is 12.4 Å². The second-order valence-electron chi connectivity index (χ2n) is 5.09. The molecule has 21 heavy (non-hydrogen) atoms. The second kappa shape index (κ2) is 6.67. The Morgan fingerprint density at radius 3 is 2.81 bits per heavy atom. The van der Waals surface area contributed by atoms with Crippen LogP contribution in [0, 0.1) is 0 Å². The molecule has 0 fully saturated rings. The molecule has 1 aliphatic carbocycles. The van der Waals surface area contributed by atoms with E-state index < -0.39 is 0 Å². The van der Waals surface area contributed by atoms with E-state index in [1.54, 1.807) is 11.8 Å². The molecule has 3 rings (SSSR count). The molecule has 2 aromatic rings. The summed E-state index contributed by atoms with van der Waals surface area (Å²) in [7, 11) is 1.93. The number of thioether (sulfide) groups is 1. The van der Waals surface area contributed by atoms with Crippen LogP contribution in [-0.4, -0.2) is 17.0 Å². The van der Waals surface area contributed by atoms with E-state index >= 15 is 0 Å². The van der Waals surface area contributed by atoms with Gasteiger partial charge in [-0.2, -0.15) is 0 Å². The summed E-state index contributed by atoms with van der Waals surface area (Å²) in [5.74, 6) is 2.62. The van der Waals surface area contributed by atoms with Crippen LogP contribution < -0.4 is 5.32 Å². The highest BCUT2D eigenvalue weighted by molar-refractivity contribution is 7.98. The van der Waals surface area contributed by atoms with E-state index in [2.05, 4.69) is 10.3 Å². The van der Waals surface area contributed by atoms with Crippen molar-refractivity contribution in [1.29, 1.82) is 0 Å². The first-order chi connectivity index (χ1) is 10.3. The van der Waals surface area contributed by atoms with Gasteiger partial charge in [0, 0.05) is 23.2 Å². The first kappa shape index (κ1) is 14.7. The first-order valence-corrected chi connectivity index (χ1v) is 8.58. The molecule has 0 unspecified atom stereocenters. The van der Waals surface area contributed by atoms with Crippen molar-refractivity contribution in [1.82, 2.24) is 9.97 Å². The summed E-state index contributed by atoms with van der Waals surface area (Å²) >= 11 is 7.88. The van der Waals surface area contributed by atoms with Crippen molar-refractivity contribution < 1.29 is 0 Å². The summed E-state index contributed by atoms with van der Waals surface area (Å²) in [5.41, 5.74) is 2.52. The van der Waals surface area contributed by atoms with Crippen LogP contribution in [-0.2, 0) is 18.6 Å². The number of benzene rings is 1. The van der Waals surface area contributed by atoms with Crippen LogP contribution in [0.5, 0.6) is 0 Å². The van der Waals surface area contributed by atoms with Crippen molar-refractivity contribution in [3.8, 4) is 0 Å². The number of fused-ring (bicyclic) bond motifs is 1. The quantitative estimate of drug-likeness (QED) is 0.851. The number of halogens is 1. The molecule has 110 valence electrons. The number of nitrogens with one attached hydrogen (secondary N) is 1. The van der Waals surface area contributed by atoms with Crippen LogP contribution in [0.15, 0.2) is 29.2 Å². The number of anilines is 1. The highest BCUT2D eigenvalue weighted by atomic mass is 35.5. The third kappa shape index (κ3) is 3.33. The zero-order valence-corrected chi connectivity index (χ0v) is 13.6. The van der Waals surface area contributed by atoms with E-state index in [4.69, 9.17) is 16.6 Å². The summed E-state index contributed by atoms with van der Waals surface area (Å²) in [6, 6.07) is 7.89. The minimum Gasteiger partial charge on any atom is -0.373 e. The number of hydrogen-bond donors (Lipinski definition) is 1. The van der Waals surface area contributed by atoms with Gasteiger partial charge in [0.25, 0.3) is 0 Å². The molecule has 0 radical (unpaired) electrons. The Bertz CT molecular complexity index is 628. The molecular formula is C16H18ClN3S. The summed E-state index contributed by atoms with van der Waals surface area (Å²) in [6.07, 6.45) is 4.61. The highest BCUT2D eigenvalue weighted by Crippen LogP contribution is 2.30. The van der Waals surface area contributed by atoms with E-state index in [1.807, 2.05) is 31.3 Å². The van der Waals surface area contributed by atoms with Crippen LogP contribution >= 0.6 is 23.4 Å². The maximum atomic E-state index is 6.19. The summed E-state index contributed by atoms with van der Waals surface area (Å²) in [5, 5.41) is 4.01. The average Bonchev–Trinajstić information content (AvgIpc) is 2.53. The van der Waals surface area contributed by atoms with Gasteiger partial charge in [-0.15, -0.1) is 11.8 Å². The Hall–Kier alpha value is -1.26. The zero-order chi connectivity index (χ0) is 14.7. The van der Waals surface area contributed by atoms with Crippen molar-refractivity contribution in [3.63, 3.8) is 0 Å². The lowest BCUT2D eigenvalue weighted by Crippen LogP contribution is -2.13. The topological polar surface area (TPSA) is 37.8 Å². The normalized spacial score (nSPS) is 13.8. The van der Waals surface area contributed by atoms with E-state index in [0.29, 0.717) is 0 Å². The van der Waals surface area contributed by atoms with E-state index in [1.165, 1.54) is 24.1 Å². The molecule has 0 bridgehead atoms. The molecular weight excluding hydrogens is 302 g/mol. The molecule has 3 nitrogen and oxygen atoms in total.